The van der Waals surface area contributed by atoms with Crippen molar-refractivity contribution >= 4 is 36.8 Å². The largest absolute Gasteiger partial charge is 3.00 e. The van der Waals surface area contributed by atoms with Gasteiger partial charge in [0.1, 0.15) is 0 Å². The maximum Gasteiger partial charge on any atom is 3.00 e. The molecule has 0 aliphatic carbocycles. The summed E-state index contributed by atoms with van der Waals surface area (Å²) in [5.74, 6) is 0. The van der Waals surface area contributed by atoms with Gasteiger partial charge in [0.05, 0.1) is 6.61 Å². The van der Waals surface area contributed by atoms with E-state index in [1.54, 1.807) is 0 Å². The maximum absolute atomic E-state index is 9.17. The summed E-state index contributed by atoms with van der Waals surface area (Å²) < 4.78 is 4.06. The van der Waals surface area contributed by atoms with Crippen molar-refractivity contribution < 1.29 is 29.3 Å². The second-order valence-electron chi connectivity index (χ2n) is 0.866. The zero-order valence-electron chi connectivity index (χ0n) is 6.60. The van der Waals surface area contributed by atoms with Gasteiger partial charge < -0.3 is 29.3 Å². The smallest absolute Gasteiger partial charge is 0.665 e. The first-order valence-corrected chi connectivity index (χ1v) is 2.37. The van der Waals surface area contributed by atoms with Crippen LogP contribution in [0.15, 0.2) is 12.7 Å². The van der Waals surface area contributed by atoms with E-state index in [1.165, 1.54) is 12.5 Å². The molecule has 2 N–H and O–H groups in total. The molecule has 0 atom stereocenters. The standard InChI is InChI=1S/C4H5O2.2CHO2.Al/c1-2-3-6-4-5;2*2-1-3;/h2H,1,3H2;2*(H,2,3);/q3*-1;+3. The Balaban J connectivity index is -0.0000000501. The SMILES string of the molecule is C=CCO[C-]=O.O=[C-]O.O=[C-]O.[Al+3]. The second-order valence-corrected chi connectivity index (χ2v) is 0.866. The Bertz CT molecular complexity index is 102. The van der Waals surface area contributed by atoms with Crippen molar-refractivity contribution in [1.29, 1.82) is 0 Å². The molecule has 0 aliphatic rings. The predicted molar refractivity (Wildman–Crippen MR) is 44.2 cm³/mol. The van der Waals surface area contributed by atoms with Gasteiger partial charge in [-0.05, 0) is 0 Å². The molecule has 0 aromatic rings. The summed E-state index contributed by atoms with van der Waals surface area (Å²) in [5, 5.41) is 13.5. The van der Waals surface area contributed by atoms with Crippen molar-refractivity contribution in [3.63, 3.8) is 0 Å². The van der Waals surface area contributed by atoms with Crippen molar-refractivity contribution in [3.8, 4) is 0 Å². The van der Waals surface area contributed by atoms with Crippen LogP contribution in [0.4, 0.5) is 0 Å². The molecule has 0 amide bonds. The summed E-state index contributed by atoms with van der Waals surface area (Å²) in [4.78, 5) is 25.6. The number of aliphatic hydroxyl groups excluding tert-OH is 2. The quantitative estimate of drug-likeness (QED) is 0.266. The van der Waals surface area contributed by atoms with Crippen molar-refractivity contribution in [2.75, 3.05) is 6.61 Å². The van der Waals surface area contributed by atoms with E-state index in [-0.39, 0.29) is 24.0 Å². The molecule has 0 saturated carbocycles. The zero-order valence-corrected chi connectivity index (χ0v) is 7.75. The van der Waals surface area contributed by atoms with E-state index in [0.29, 0.717) is 12.9 Å². The van der Waals surface area contributed by atoms with Crippen LogP contribution < -0.4 is 0 Å². The first-order valence-electron chi connectivity index (χ1n) is 2.37. The Labute approximate surface area is 85.9 Å². The molecule has 0 bridgehead atoms. The molecule has 7 heteroatoms. The fourth-order valence-electron chi connectivity index (χ4n) is 0.0929. The van der Waals surface area contributed by atoms with Gasteiger partial charge in [-0.1, -0.05) is 32.1 Å². The minimum absolute atomic E-state index is 0. The Kier molecular flexibility index (Phi) is 79.4. The summed E-state index contributed by atoms with van der Waals surface area (Å²) in [6, 6.07) is 0. The van der Waals surface area contributed by atoms with Gasteiger partial charge >= 0.3 is 17.4 Å². The van der Waals surface area contributed by atoms with Crippen LogP contribution in [0.2, 0.25) is 0 Å². The van der Waals surface area contributed by atoms with Crippen LogP contribution in [0.5, 0.6) is 0 Å². The fourth-order valence-corrected chi connectivity index (χ4v) is 0.0929. The molecule has 0 fully saturated rings. The third-order valence-electron chi connectivity index (χ3n) is 0.260. The molecule has 0 aromatic carbocycles. The molecule has 0 saturated heterocycles. The fraction of sp³-hybridized carbons (Fsp3) is 0.167. The Hall–Kier alpha value is -1.32. The molecule has 0 aliphatic heterocycles. The van der Waals surface area contributed by atoms with Crippen molar-refractivity contribution in [1.82, 2.24) is 0 Å². The van der Waals surface area contributed by atoms with Gasteiger partial charge in [0.2, 0.25) is 0 Å². The van der Waals surface area contributed by atoms with Crippen molar-refractivity contribution in [2.45, 2.75) is 0 Å². The first kappa shape index (κ1) is 22.6. The maximum atomic E-state index is 9.17. The molecule has 6 nitrogen and oxygen atoms in total. The van der Waals surface area contributed by atoms with Gasteiger partial charge in [-0.3, -0.25) is 0 Å². The van der Waals surface area contributed by atoms with Gasteiger partial charge in [-0.15, -0.1) is 0 Å². The normalized spacial score (nSPS) is 4.92. The van der Waals surface area contributed by atoms with Crippen molar-refractivity contribution in [3.05, 3.63) is 12.7 Å². The number of rotatable bonds is 3. The minimum atomic E-state index is 0. The van der Waals surface area contributed by atoms with Crippen LogP contribution in [0, 0.1) is 0 Å². The molecule has 0 unspecified atom stereocenters. The molecular formula is C6H7AlO6. The molecule has 0 rings (SSSR count). The predicted octanol–water partition coefficient (Wildman–Crippen LogP) is -0.901. The average Bonchev–Trinajstić information content (AvgIpc) is 2.04. The van der Waals surface area contributed by atoms with E-state index >= 15 is 0 Å². The Morgan fingerprint density at radius 1 is 1.23 bits per heavy atom. The summed E-state index contributed by atoms with van der Waals surface area (Å²) in [5.41, 5.74) is 0. The van der Waals surface area contributed by atoms with E-state index in [0.717, 1.165) is 0 Å². The van der Waals surface area contributed by atoms with E-state index in [1.807, 2.05) is 0 Å². The number of hydrogen-bond acceptors (Lipinski definition) is 4. The Morgan fingerprint density at radius 2 is 1.54 bits per heavy atom. The van der Waals surface area contributed by atoms with Gasteiger partial charge in [-0.2, -0.15) is 0 Å². The zero-order chi connectivity index (χ0) is 10.2. The third-order valence-corrected chi connectivity index (χ3v) is 0.260. The Morgan fingerprint density at radius 3 is 1.62 bits per heavy atom. The molecule has 0 aromatic heterocycles. The molecular weight excluding hydrogens is 195 g/mol. The number of carbonyl (C=O) groups excluding carboxylic acids is 1. The van der Waals surface area contributed by atoms with E-state index < -0.39 is 0 Å². The summed E-state index contributed by atoms with van der Waals surface area (Å²) in [6.45, 7) is 5.80. The summed E-state index contributed by atoms with van der Waals surface area (Å²) in [6.07, 6.45) is 1.48. The minimum Gasteiger partial charge on any atom is -0.665 e. The summed E-state index contributed by atoms with van der Waals surface area (Å²) in [7, 11) is 0. The molecule has 13 heavy (non-hydrogen) atoms. The van der Waals surface area contributed by atoms with Crippen LogP contribution in [-0.2, 0) is 19.1 Å². The van der Waals surface area contributed by atoms with E-state index in [2.05, 4.69) is 11.3 Å². The number of hydrogen-bond donors (Lipinski definition) is 2. The van der Waals surface area contributed by atoms with Crippen molar-refractivity contribution in [2.24, 2.45) is 0 Å². The van der Waals surface area contributed by atoms with Crippen LogP contribution in [0.3, 0.4) is 0 Å². The van der Waals surface area contributed by atoms with Gasteiger partial charge in [0.15, 0.2) is 0 Å². The third kappa shape index (κ3) is 284. The molecule has 0 heterocycles. The van der Waals surface area contributed by atoms with Gasteiger partial charge in [0.25, 0.3) is 0 Å². The van der Waals surface area contributed by atoms with Crippen LogP contribution in [0.25, 0.3) is 0 Å². The van der Waals surface area contributed by atoms with Crippen LogP contribution >= 0.6 is 0 Å². The van der Waals surface area contributed by atoms with Crippen LogP contribution in [-0.4, -0.2) is 53.6 Å². The summed E-state index contributed by atoms with van der Waals surface area (Å²) >= 11 is 0. The second kappa shape index (κ2) is 45.7. The average molecular weight is 202 g/mol. The first-order chi connectivity index (χ1) is 5.74. The molecule has 70 valence electrons. The van der Waals surface area contributed by atoms with Gasteiger partial charge in [0, 0.05) is 0 Å². The monoisotopic (exact) mass is 202 g/mol. The topological polar surface area (TPSA) is 101 Å². The van der Waals surface area contributed by atoms with Crippen LogP contribution in [0.1, 0.15) is 0 Å². The van der Waals surface area contributed by atoms with E-state index in [9.17, 15) is 0 Å². The molecule has 0 spiro atoms. The number of ether oxygens (including phenoxy) is 1. The van der Waals surface area contributed by atoms with Gasteiger partial charge in [-0.25, -0.2) is 0 Å². The van der Waals surface area contributed by atoms with E-state index in [4.69, 9.17) is 24.6 Å². The molecule has 0 radical (unpaired) electrons.